The maximum Gasteiger partial charge on any atom is 0.356 e. The van der Waals surface area contributed by atoms with Gasteiger partial charge in [-0.15, -0.1) is 0 Å². The number of rotatable bonds is 3. The van der Waals surface area contributed by atoms with Gasteiger partial charge in [-0.05, 0) is 51.4 Å². The fourth-order valence-corrected chi connectivity index (χ4v) is 2.15. The molecular formula is C11H17N3O2. The van der Waals surface area contributed by atoms with E-state index in [9.17, 15) is 4.79 Å². The van der Waals surface area contributed by atoms with Crippen LogP contribution in [0.1, 0.15) is 29.0 Å². The highest BCUT2D eigenvalue weighted by Crippen LogP contribution is 2.20. The van der Waals surface area contributed by atoms with Crippen LogP contribution in [-0.2, 0) is 6.42 Å². The normalized spacial score (nSPS) is 18.8. The summed E-state index contributed by atoms with van der Waals surface area (Å²) in [6.45, 7) is 2.26. The zero-order valence-corrected chi connectivity index (χ0v) is 9.44. The zero-order chi connectivity index (χ0) is 11.5. The van der Waals surface area contributed by atoms with Crippen molar-refractivity contribution in [3.63, 3.8) is 0 Å². The lowest BCUT2D eigenvalue weighted by atomic mass is 9.92. The molecule has 1 fully saturated rings. The molecule has 0 spiro atoms. The highest BCUT2D eigenvalue weighted by Gasteiger charge is 2.18. The Morgan fingerprint density at radius 2 is 2.31 bits per heavy atom. The van der Waals surface area contributed by atoms with Crippen molar-refractivity contribution in [3.8, 4) is 0 Å². The van der Waals surface area contributed by atoms with Gasteiger partial charge in [-0.25, -0.2) is 4.79 Å². The Hall–Kier alpha value is -1.36. The lowest BCUT2D eigenvalue weighted by Gasteiger charge is -2.28. The van der Waals surface area contributed by atoms with Gasteiger partial charge in [-0.3, -0.25) is 5.10 Å². The monoisotopic (exact) mass is 223 g/mol. The Kier molecular flexibility index (Phi) is 3.24. The summed E-state index contributed by atoms with van der Waals surface area (Å²) in [6, 6.07) is 1.64. The minimum absolute atomic E-state index is 0.114. The molecule has 0 aromatic carbocycles. The number of nitrogens with zero attached hydrogens (tertiary/aromatic N) is 2. The van der Waals surface area contributed by atoms with E-state index in [0.29, 0.717) is 5.92 Å². The van der Waals surface area contributed by atoms with E-state index < -0.39 is 5.97 Å². The Bertz CT molecular complexity index is 367. The van der Waals surface area contributed by atoms with Crippen LogP contribution in [0.2, 0.25) is 0 Å². The molecule has 0 unspecified atom stereocenters. The summed E-state index contributed by atoms with van der Waals surface area (Å²) in [5.41, 5.74) is 1.05. The smallest absolute Gasteiger partial charge is 0.356 e. The number of H-pyrrole nitrogens is 1. The second-order valence-electron chi connectivity index (χ2n) is 4.53. The van der Waals surface area contributed by atoms with Gasteiger partial charge in [0.2, 0.25) is 0 Å². The van der Waals surface area contributed by atoms with E-state index in [1.807, 2.05) is 0 Å². The van der Waals surface area contributed by atoms with Crippen LogP contribution in [0.4, 0.5) is 0 Å². The van der Waals surface area contributed by atoms with Crippen molar-refractivity contribution in [1.82, 2.24) is 15.1 Å². The van der Waals surface area contributed by atoms with Gasteiger partial charge < -0.3 is 10.0 Å². The Morgan fingerprint density at radius 1 is 1.62 bits per heavy atom. The van der Waals surface area contributed by atoms with Gasteiger partial charge in [0.05, 0.1) is 0 Å². The fourth-order valence-electron chi connectivity index (χ4n) is 2.15. The number of aromatic amines is 1. The molecule has 5 nitrogen and oxygen atoms in total. The number of piperidine rings is 1. The van der Waals surface area contributed by atoms with E-state index in [2.05, 4.69) is 22.1 Å². The first-order chi connectivity index (χ1) is 7.65. The second kappa shape index (κ2) is 4.65. The molecule has 1 aliphatic rings. The number of hydrogen-bond donors (Lipinski definition) is 2. The van der Waals surface area contributed by atoms with E-state index in [0.717, 1.165) is 25.2 Å². The largest absolute Gasteiger partial charge is 0.476 e. The van der Waals surface area contributed by atoms with Gasteiger partial charge in [0.15, 0.2) is 5.69 Å². The number of likely N-dealkylation sites (tertiary alicyclic amines) is 1. The van der Waals surface area contributed by atoms with Crippen LogP contribution < -0.4 is 0 Å². The third kappa shape index (κ3) is 2.61. The topological polar surface area (TPSA) is 69.2 Å². The summed E-state index contributed by atoms with van der Waals surface area (Å²) in [5, 5.41) is 15.3. The summed E-state index contributed by atoms with van der Waals surface area (Å²) in [6.07, 6.45) is 3.27. The molecule has 2 heterocycles. The van der Waals surface area contributed by atoms with E-state index in [4.69, 9.17) is 5.11 Å². The molecule has 0 saturated carbocycles. The molecule has 2 rings (SSSR count). The molecule has 1 aromatic heterocycles. The fraction of sp³-hybridized carbons (Fsp3) is 0.636. The number of aromatic nitrogens is 2. The van der Waals surface area contributed by atoms with E-state index in [1.54, 1.807) is 6.07 Å². The van der Waals surface area contributed by atoms with E-state index in [1.165, 1.54) is 12.8 Å². The molecule has 1 saturated heterocycles. The lowest BCUT2D eigenvalue weighted by Crippen LogP contribution is -2.30. The van der Waals surface area contributed by atoms with Crippen LogP contribution in [0.3, 0.4) is 0 Å². The summed E-state index contributed by atoms with van der Waals surface area (Å²) < 4.78 is 0. The van der Waals surface area contributed by atoms with Crippen molar-refractivity contribution in [2.75, 3.05) is 20.1 Å². The maximum atomic E-state index is 10.7. The molecule has 5 heteroatoms. The molecule has 0 bridgehead atoms. The Labute approximate surface area is 94.5 Å². The Balaban J connectivity index is 1.91. The van der Waals surface area contributed by atoms with E-state index in [-0.39, 0.29) is 5.69 Å². The number of aromatic carboxylic acids is 1. The highest BCUT2D eigenvalue weighted by molar-refractivity contribution is 5.85. The molecule has 1 aromatic rings. The van der Waals surface area contributed by atoms with Crippen molar-refractivity contribution in [1.29, 1.82) is 0 Å². The van der Waals surface area contributed by atoms with Crippen molar-refractivity contribution < 1.29 is 9.90 Å². The summed E-state index contributed by atoms with van der Waals surface area (Å²) in [7, 11) is 2.13. The standard InChI is InChI=1S/C11H17N3O2/c1-14-4-2-8(3-5-14)6-9-7-10(11(15)16)13-12-9/h7-8H,2-6H2,1H3,(H,12,13)(H,15,16). The van der Waals surface area contributed by atoms with Gasteiger partial charge in [-0.2, -0.15) is 5.10 Å². The van der Waals surface area contributed by atoms with Gasteiger partial charge in [-0.1, -0.05) is 0 Å². The SMILES string of the molecule is CN1CCC(Cc2cc(C(=O)O)n[nH]2)CC1. The van der Waals surface area contributed by atoms with Crippen LogP contribution in [0.5, 0.6) is 0 Å². The minimum atomic E-state index is -0.967. The van der Waals surface area contributed by atoms with Gasteiger partial charge in [0, 0.05) is 5.69 Å². The molecule has 16 heavy (non-hydrogen) atoms. The Morgan fingerprint density at radius 3 is 2.88 bits per heavy atom. The summed E-state index contributed by atoms with van der Waals surface area (Å²) in [5.74, 6) is -0.316. The molecule has 0 amide bonds. The van der Waals surface area contributed by atoms with E-state index >= 15 is 0 Å². The lowest BCUT2D eigenvalue weighted by molar-refractivity contribution is 0.0690. The van der Waals surface area contributed by atoms with Crippen molar-refractivity contribution in [2.24, 2.45) is 5.92 Å². The average molecular weight is 223 g/mol. The van der Waals surface area contributed by atoms with Gasteiger partial charge >= 0.3 is 5.97 Å². The molecule has 0 atom stereocenters. The summed E-state index contributed by atoms with van der Waals surface area (Å²) in [4.78, 5) is 13.0. The van der Waals surface area contributed by atoms with Crippen molar-refractivity contribution >= 4 is 5.97 Å². The first-order valence-electron chi connectivity index (χ1n) is 5.61. The molecular weight excluding hydrogens is 206 g/mol. The molecule has 1 aliphatic heterocycles. The molecule has 0 aliphatic carbocycles. The number of carboxylic acids is 1. The first-order valence-corrected chi connectivity index (χ1v) is 5.61. The average Bonchev–Trinajstić information content (AvgIpc) is 2.70. The minimum Gasteiger partial charge on any atom is -0.476 e. The van der Waals surface area contributed by atoms with Crippen molar-refractivity contribution in [2.45, 2.75) is 19.3 Å². The van der Waals surface area contributed by atoms with Crippen molar-refractivity contribution in [3.05, 3.63) is 17.5 Å². The predicted octanol–water partition coefficient (Wildman–Crippen LogP) is 0.992. The molecule has 0 radical (unpaired) electrons. The number of carbonyl (C=O) groups is 1. The number of nitrogens with one attached hydrogen (secondary N) is 1. The van der Waals surface area contributed by atoms with Gasteiger partial charge in [0.25, 0.3) is 0 Å². The highest BCUT2D eigenvalue weighted by atomic mass is 16.4. The van der Waals surface area contributed by atoms with Gasteiger partial charge in [0.1, 0.15) is 0 Å². The van der Waals surface area contributed by atoms with Crippen LogP contribution in [-0.4, -0.2) is 46.3 Å². The molecule has 88 valence electrons. The third-order valence-corrected chi connectivity index (χ3v) is 3.20. The zero-order valence-electron chi connectivity index (χ0n) is 9.44. The predicted molar refractivity (Wildman–Crippen MR) is 59.5 cm³/mol. The third-order valence-electron chi connectivity index (χ3n) is 3.20. The van der Waals surface area contributed by atoms with Crippen LogP contribution in [0.25, 0.3) is 0 Å². The molecule has 2 N–H and O–H groups in total. The van der Waals surface area contributed by atoms with Crippen LogP contribution in [0, 0.1) is 5.92 Å². The number of carboxylic acid groups (broad SMARTS) is 1. The maximum absolute atomic E-state index is 10.7. The van der Waals surface area contributed by atoms with Crippen LogP contribution >= 0.6 is 0 Å². The quantitative estimate of drug-likeness (QED) is 0.801. The van der Waals surface area contributed by atoms with Crippen LogP contribution in [0.15, 0.2) is 6.07 Å². The summed E-state index contributed by atoms with van der Waals surface area (Å²) >= 11 is 0. The second-order valence-corrected chi connectivity index (χ2v) is 4.53. The first kappa shape index (κ1) is 11.1. The number of hydrogen-bond acceptors (Lipinski definition) is 3.